The zero-order chi connectivity index (χ0) is 25.6. The van der Waals surface area contributed by atoms with Crippen LogP contribution < -0.4 is 15.4 Å². The van der Waals surface area contributed by atoms with Crippen LogP contribution in [0.5, 0.6) is 0 Å². The summed E-state index contributed by atoms with van der Waals surface area (Å²) in [5.41, 5.74) is 0.972. The number of hydrogen-bond acceptors (Lipinski definition) is 7. The third-order valence-electron chi connectivity index (χ3n) is 4.74. The standard InChI is InChI=1S/C22H23F2IN4O5S/c1-35(32,33)29-22-28-19(12-34-22)21(31)27-18(8-14-5-15(23)9-16(24)6-14)20(30)11-26-10-13-3-2-4-17(25)7-13/h2-7,9,12,18,20,26,30H,8,10-11H2,1H3,(H,27,31)(H,28,29)/t18?,20-/m1/s1. The van der Waals surface area contributed by atoms with Gasteiger partial charge in [-0.05, 0) is 64.4 Å². The Bertz CT molecular complexity index is 1270. The lowest BCUT2D eigenvalue weighted by molar-refractivity contribution is 0.0825. The van der Waals surface area contributed by atoms with Crippen molar-refractivity contribution >= 4 is 44.5 Å². The van der Waals surface area contributed by atoms with Crippen LogP contribution in [-0.4, -0.2) is 49.4 Å². The quantitative estimate of drug-likeness (QED) is 0.242. The summed E-state index contributed by atoms with van der Waals surface area (Å²) in [6.45, 7) is 0.515. The molecule has 13 heteroatoms. The van der Waals surface area contributed by atoms with Crippen molar-refractivity contribution in [2.24, 2.45) is 0 Å². The van der Waals surface area contributed by atoms with E-state index in [1.165, 1.54) is 0 Å². The fraction of sp³-hybridized carbons (Fsp3) is 0.273. The maximum Gasteiger partial charge on any atom is 0.309 e. The summed E-state index contributed by atoms with van der Waals surface area (Å²) < 4.78 is 58.0. The number of rotatable bonds is 11. The fourth-order valence-corrected chi connectivity index (χ4v) is 4.26. The Labute approximate surface area is 214 Å². The van der Waals surface area contributed by atoms with E-state index >= 15 is 0 Å². The molecule has 2 aromatic carbocycles. The molecule has 0 radical (unpaired) electrons. The predicted octanol–water partition coefficient (Wildman–Crippen LogP) is 2.42. The molecule has 2 atom stereocenters. The van der Waals surface area contributed by atoms with Gasteiger partial charge in [-0.25, -0.2) is 21.9 Å². The maximum absolute atomic E-state index is 13.7. The lowest BCUT2D eigenvalue weighted by atomic mass is 10.0. The van der Waals surface area contributed by atoms with E-state index in [4.69, 9.17) is 4.42 Å². The van der Waals surface area contributed by atoms with Crippen LogP contribution >= 0.6 is 22.6 Å². The first-order chi connectivity index (χ1) is 16.5. The van der Waals surface area contributed by atoms with Gasteiger partial charge in [-0.1, -0.05) is 12.1 Å². The number of anilines is 1. The third kappa shape index (κ3) is 8.83. The number of oxazole rings is 1. The van der Waals surface area contributed by atoms with Crippen molar-refractivity contribution < 1.29 is 31.5 Å². The number of nitrogens with zero attached hydrogens (tertiary/aromatic N) is 1. The van der Waals surface area contributed by atoms with Crippen molar-refractivity contribution in [3.8, 4) is 0 Å². The Morgan fingerprint density at radius 2 is 1.89 bits per heavy atom. The Morgan fingerprint density at radius 1 is 1.17 bits per heavy atom. The van der Waals surface area contributed by atoms with Crippen molar-refractivity contribution in [3.05, 3.63) is 80.8 Å². The smallest absolute Gasteiger partial charge is 0.309 e. The number of carbonyl (C=O) groups excluding carboxylic acids is 1. The largest absolute Gasteiger partial charge is 0.431 e. The Kier molecular flexibility index (Phi) is 9.15. The highest BCUT2D eigenvalue weighted by atomic mass is 127. The summed E-state index contributed by atoms with van der Waals surface area (Å²) in [6, 6.07) is 9.32. The molecule has 0 saturated carbocycles. The normalized spacial score (nSPS) is 13.3. The average Bonchev–Trinajstić information content (AvgIpc) is 3.19. The lowest BCUT2D eigenvalue weighted by Gasteiger charge is -2.24. The molecule has 0 spiro atoms. The zero-order valence-corrected chi connectivity index (χ0v) is 21.4. The average molecular weight is 620 g/mol. The molecule has 3 aromatic rings. The van der Waals surface area contributed by atoms with Gasteiger partial charge < -0.3 is 20.2 Å². The molecule has 1 heterocycles. The molecule has 1 unspecified atom stereocenters. The van der Waals surface area contributed by atoms with Crippen LogP contribution in [0.25, 0.3) is 0 Å². The van der Waals surface area contributed by atoms with Crippen molar-refractivity contribution in [1.29, 1.82) is 0 Å². The summed E-state index contributed by atoms with van der Waals surface area (Å²) in [5.74, 6) is -2.34. The Morgan fingerprint density at radius 3 is 2.54 bits per heavy atom. The molecule has 4 N–H and O–H groups in total. The second kappa shape index (κ2) is 11.9. The molecule has 0 saturated heterocycles. The van der Waals surface area contributed by atoms with Crippen LogP contribution in [0.2, 0.25) is 0 Å². The highest BCUT2D eigenvalue weighted by Crippen LogP contribution is 2.14. The monoisotopic (exact) mass is 620 g/mol. The van der Waals surface area contributed by atoms with E-state index in [2.05, 4.69) is 38.2 Å². The summed E-state index contributed by atoms with van der Waals surface area (Å²) in [4.78, 5) is 16.5. The number of nitrogens with one attached hydrogen (secondary N) is 3. The van der Waals surface area contributed by atoms with E-state index in [1.54, 1.807) is 0 Å². The van der Waals surface area contributed by atoms with Gasteiger partial charge in [0.1, 0.15) is 17.9 Å². The highest BCUT2D eigenvalue weighted by Gasteiger charge is 2.25. The summed E-state index contributed by atoms with van der Waals surface area (Å²) in [5, 5.41) is 16.5. The number of halogens is 3. The van der Waals surface area contributed by atoms with E-state index < -0.39 is 45.7 Å². The molecule has 188 valence electrons. The maximum atomic E-state index is 13.7. The first-order valence-corrected chi connectivity index (χ1v) is 13.3. The number of carbonyl (C=O) groups is 1. The molecule has 9 nitrogen and oxygen atoms in total. The lowest BCUT2D eigenvalue weighted by Crippen LogP contribution is -2.48. The van der Waals surface area contributed by atoms with Gasteiger partial charge in [0.25, 0.3) is 5.91 Å². The summed E-state index contributed by atoms with van der Waals surface area (Å²) >= 11 is 2.19. The number of sulfonamides is 1. The molecule has 0 aliphatic heterocycles. The van der Waals surface area contributed by atoms with Gasteiger partial charge in [0.15, 0.2) is 5.69 Å². The first-order valence-electron chi connectivity index (χ1n) is 10.3. The molecule has 0 fully saturated rings. The van der Waals surface area contributed by atoms with Crippen LogP contribution in [-0.2, 0) is 23.0 Å². The van der Waals surface area contributed by atoms with Crippen LogP contribution in [0.4, 0.5) is 14.8 Å². The van der Waals surface area contributed by atoms with E-state index in [0.29, 0.717) is 6.54 Å². The molecule has 35 heavy (non-hydrogen) atoms. The van der Waals surface area contributed by atoms with Crippen molar-refractivity contribution in [3.63, 3.8) is 0 Å². The van der Waals surface area contributed by atoms with Crippen LogP contribution in [0.15, 0.2) is 53.1 Å². The first kappa shape index (κ1) is 27.0. The van der Waals surface area contributed by atoms with Gasteiger partial charge >= 0.3 is 6.01 Å². The zero-order valence-electron chi connectivity index (χ0n) is 18.5. The van der Waals surface area contributed by atoms with Gasteiger partial charge in [0.2, 0.25) is 10.0 Å². The number of aromatic nitrogens is 1. The van der Waals surface area contributed by atoms with E-state index in [0.717, 1.165) is 39.9 Å². The molecule has 1 aromatic heterocycles. The van der Waals surface area contributed by atoms with E-state index in [-0.39, 0.29) is 24.2 Å². The number of aliphatic hydroxyl groups is 1. The second-order valence-electron chi connectivity index (χ2n) is 7.80. The van der Waals surface area contributed by atoms with Crippen molar-refractivity contribution in [1.82, 2.24) is 15.6 Å². The summed E-state index contributed by atoms with van der Waals surface area (Å²) in [6.07, 6.45) is 0.612. The molecule has 3 rings (SSSR count). The Hall–Kier alpha value is -2.62. The van der Waals surface area contributed by atoms with Crippen molar-refractivity contribution in [2.75, 3.05) is 17.5 Å². The van der Waals surface area contributed by atoms with Gasteiger partial charge in [-0.2, -0.15) is 4.98 Å². The molecular formula is C22H23F2IN4O5S. The minimum atomic E-state index is -3.67. The number of benzene rings is 2. The molecule has 0 aliphatic carbocycles. The third-order valence-corrected chi connectivity index (χ3v) is 5.96. The highest BCUT2D eigenvalue weighted by molar-refractivity contribution is 14.1. The Balaban J connectivity index is 1.71. The van der Waals surface area contributed by atoms with Crippen LogP contribution in [0.3, 0.4) is 0 Å². The van der Waals surface area contributed by atoms with Gasteiger partial charge in [0, 0.05) is 22.7 Å². The van der Waals surface area contributed by atoms with E-state index in [9.17, 15) is 27.1 Å². The van der Waals surface area contributed by atoms with Gasteiger partial charge in [0.05, 0.1) is 18.4 Å². The van der Waals surface area contributed by atoms with Crippen LogP contribution in [0.1, 0.15) is 21.6 Å². The minimum absolute atomic E-state index is 0.0634. The molecular weight excluding hydrogens is 597 g/mol. The van der Waals surface area contributed by atoms with Gasteiger partial charge in [-0.15, -0.1) is 0 Å². The predicted molar refractivity (Wildman–Crippen MR) is 133 cm³/mol. The second-order valence-corrected chi connectivity index (χ2v) is 10.8. The minimum Gasteiger partial charge on any atom is -0.431 e. The SMILES string of the molecule is CS(=O)(=O)Nc1nc(C(=O)NC(Cc2cc(F)cc(F)c2)[C@H](O)CNCc2cccc(I)c2)co1. The molecule has 1 amide bonds. The molecule has 0 bridgehead atoms. The number of aliphatic hydroxyl groups excluding tert-OH is 1. The van der Waals surface area contributed by atoms with Gasteiger partial charge in [-0.3, -0.25) is 4.79 Å². The number of hydrogen-bond donors (Lipinski definition) is 4. The van der Waals surface area contributed by atoms with Crippen LogP contribution in [0, 0.1) is 15.2 Å². The summed E-state index contributed by atoms with van der Waals surface area (Å²) in [7, 11) is -3.67. The fourth-order valence-electron chi connectivity index (χ4n) is 3.25. The number of amides is 1. The van der Waals surface area contributed by atoms with E-state index in [1.807, 2.05) is 29.0 Å². The topological polar surface area (TPSA) is 134 Å². The van der Waals surface area contributed by atoms with Crippen molar-refractivity contribution in [2.45, 2.75) is 25.1 Å². The molecule has 0 aliphatic rings.